The molecule has 17 heteroatoms. The Labute approximate surface area is 165 Å². The fourth-order valence-corrected chi connectivity index (χ4v) is 2.72. The smallest absolute Gasteiger partial charge is 0.391 e. The summed E-state index contributed by atoms with van der Waals surface area (Å²) in [7, 11) is 1.44. The summed E-state index contributed by atoms with van der Waals surface area (Å²) in [5.74, 6) is -41.4. The SMILES string of the molecule is C[N+]1(CCO)CCN(C(=O)C(F)(F)C(F)(F)C(F)(F)C(F)(F)C(F)(F)C(F)(F)F)CC1. The van der Waals surface area contributed by atoms with Crippen LogP contribution in [0.25, 0.3) is 0 Å². The van der Waals surface area contributed by atoms with Crippen molar-refractivity contribution in [2.24, 2.45) is 0 Å². The highest BCUT2D eigenvalue weighted by Crippen LogP contribution is 2.60. The minimum Gasteiger partial charge on any atom is -0.391 e. The minimum atomic E-state index is -8.04. The van der Waals surface area contributed by atoms with Crippen molar-refractivity contribution in [1.29, 1.82) is 0 Å². The summed E-state index contributed by atoms with van der Waals surface area (Å²) in [6, 6.07) is 0. The van der Waals surface area contributed by atoms with Gasteiger partial charge < -0.3 is 14.5 Å². The van der Waals surface area contributed by atoms with E-state index in [1.807, 2.05) is 0 Å². The summed E-state index contributed by atoms with van der Waals surface area (Å²) in [6.45, 7) is -2.54. The molecule has 1 aliphatic heterocycles. The number of carbonyl (C=O) groups is 1. The summed E-state index contributed by atoms with van der Waals surface area (Å²) in [5.41, 5.74) is 0. The monoisotopic (exact) mass is 491 g/mol. The molecule has 4 nitrogen and oxygen atoms in total. The van der Waals surface area contributed by atoms with Crippen LogP contribution in [0.15, 0.2) is 0 Å². The van der Waals surface area contributed by atoms with Crippen LogP contribution in [0.4, 0.5) is 57.1 Å². The number of rotatable bonds is 7. The Bertz CT molecular complexity index is 670. The van der Waals surface area contributed by atoms with Gasteiger partial charge in [-0.1, -0.05) is 0 Å². The highest BCUT2D eigenvalue weighted by Gasteiger charge is 2.91. The average molecular weight is 491 g/mol. The van der Waals surface area contributed by atoms with E-state index in [9.17, 15) is 61.9 Å². The molecule has 0 aromatic heterocycles. The molecule has 1 fully saturated rings. The van der Waals surface area contributed by atoms with E-state index in [0.29, 0.717) is 0 Å². The number of aliphatic hydroxyl groups is 1. The third-order valence-corrected chi connectivity index (χ3v) is 4.95. The predicted molar refractivity (Wildman–Crippen MR) is 75.2 cm³/mol. The molecule has 0 bridgehead atoms. The van der Waals surface area contributed by atoms with Gasteiger partial charge in [0.05, 0.1) is 39.8 Å². The number of halogens is 13. The molecule has 0 saturated carbocycles. The molecular formula is C14H16F13N2O2+. The van der Waals surface area contributed by atoms with E-state index in [1.165, 1.54) is 7.05 Å². The van der Waals surface area contributed by atoms with Gasteiger partial charge in [-0.3, -0.25) is 4.79 Å². The number of nitrogens with zero attached hydrogens (tertiary/aromatic N) is 2. The molecule has 1 aliphatic rings. The van der Waals surface area contributed by atoms with Gasteiger partial charge in [0, 0.05) is 0 Å². The minimum absolute atomic E-state index is 0.0192. The topological polar surface area (TPSA) is 40.5 Å². The molecule has 31 heavy (non-hydrogen) atoms. The lowest BCUT2D eigenvalue weighted by Gasteiger charge is -2.44. The van der Waals surface area contributed by atoms with Gasteiger partial charge in [0.1, 0.15) is 6.54 Å². The fraction of sp³-hybridized carbons (Fsp3) is 0.929. The molecule has 0 spiro atoms. The number of hydrogen-bond acceptors (Lipinski definition) is 2. The Morgan fingerprint density at radius 3 is 1.52 bits per heavy atom. The summed E-state index contributed by atoms with van der Waals surface area (Å²) < 4.78 is 170. The molecule has 1 saturated heterocycles. The normalized spacial score (nSPS) is 19.5. The van der Waals surface area contributed by atoms with Crippen LogP contribution in [0.3, 0.4) is 0 Å². The van der Waals surface area contributed by atoms with Crippen molar-refractivity contribution in [3.63, 3.8) is 0 Å². The van der Waals surface area contributed by atoms with E-state index in [2.05, 4.69) is 0 Å². The number of carbonyl (C=O) groups excluding carboxylic acids is 1. The Balaban J connectivity index is 3.27. The van der Waals surface area contributed by atoms with Crippen molar-refractivity contribution < 1.29 is 71.5 Å². The summed E-state index contributed by atoms with van der Waals surface area (Å²) in [5, 5.41) is 8.87. The molecule has 0 aliphatic carbocycles. The molecular weight excluding hydrogens is 475 g/mol. The highest BCUT2D eigenvalue weighted by molar-refractivity contribution is 5.85. The first-order chi connectivity index (χ1) is 13.5. The van der Waals surface area contributed by atoms with Crippen molar-refractivity contribution in [2.75, 3.05) is 46.4 Å². The van der Waals surface area contributed by atoms with Crippen LogP contribution >= 0.6 is 0 Å². The molecule has 0 aromatic rings. The van der Waals surface area contributed by atoms with Crippen LogP contribution in [-0.2, 0) is 4.79 Å². The largest absolute Gasteiger partial charge is 0.460 e. The second-order valence-electron chi connectivity index (χ2n) is 7.18. The molecule has 1 N–H and O–H groups in total. The second kappa shape index (κ2) is 7.81. The highest BCUT2D eigenvalue weighted by atomic mass is 19.4. The van der Waals surface area contributed by atoms with Crippen molar-refractivity contribution in [1.82, 2.24) is 4.90 Å². The van der Waals surface area contributed by atoms with Gasteiger partial charge in [-0.25, -0.2) is 0 Å². The van der Waals surface area contributed by atoms with Crippen LogP contribution in [0, 0.1) is 0 Å². The molecule has 0 radical (unpaired) electrons. The predicted octanol–water partition coefficient (Wildman–Crippen LogP) is 3.01. The lowest BCUT2D eigenvalue weighted by atomic mass is 9.93. The van der Waals surface area contributed by atoms with Gasteiger partial charge in [0.2, 0.25) is 0 Å². The van der Waals surface area contributed by atoms with Gasteiger partial charge in [0.25, 0.3) is 5.91 Å². The quantitative estimate of drug-likeness (QED) is 0.440. The lowest BCUT2D eigenvalue weighted by molar-refractivity contribution is -0.913. The Kier molecular flexibility index (Phi) is 6.93. The number of amides is 1. The van der Waals surface area contributed by atoms with Gasteiger partial charge in [-0.05, 0) is 0 Å². The van der Waals surface area contributed by atoms with Crippen LogP contribution in [0.5, 0.6) is 0 Å². The van der Waals surface area contributed by atoms with E-state index >= 15 is 0 Å². The van der Waals surface area contributed by atoms with E-state index < -0.39 is 61.4 Å². The van der Waals surface area contributed by atoms with Gasteiger partial charge in [0.15, 0.2) is 0 Å². The first-order valence-electron chi connectivity index (χ1n) is 8.23. The van der Waals surface area contributed by atoms with Crippen molar-refractivity contribution in [3.05, 3.63) is 0 Å². The van der Waals surface area contributed by atoms with E-state index in [1.54, 1.807) is 0 Å². The average Bonchev–Trinajstić information content (AvgIpc) is 2.60. The third-order valence-electron chi connectivity index (χ3n) is 4.95. The summed E-state index contributed by atoms with van der Waals surface area (Å²) >= 11 is 0. The Morgan fingerprint density at radius 1 is 0.774 bits per heavy atom. The first-order valence-corrected chi connectivity index (χ1v) is 8.23. The van der Waals surface area contributed by atoms with Crippen LogP contribution in [-0.4, -0.2) is 103 Å². The van der Waals surface area contributed by atoms with Crippen LogP contribution < -0.4 is 0 Å². The summed E-state index contributed by atoms with van der Waals surface area (Å²) in [4.78, 5) is 11.6. The Hall–Kier alpha value is -1.52. The maximum atomic E-state index is 13.9. The zero-order valence-electron chi connectivity index (χ0n) is 15.4. The molecule has 184 valence electrons. The van der Waals surface area contributed by atoms with E-state index in [4.69, 9.17) is 5.11 Å². The zero-order chi connectivity index (χ0) is 24.9. The van der Waals surface area contributed by atoms with Crippen LogP contribution in [0.2, 0.25) is 0 Å². The van der Waals surface area contributed by atoms with Crippen molar-refractivity contribution >= 4 is 5.91 Å². The van der Waals surface area contributed by atoms with Crippen molar-refractivity contribution in [3.8, 4) is 0 Å². The number of quaternary nitrogens is 1. The van der Waals surface area contributed by atoms with Gasteiger partial charge in [-0.2, -0.15) is 57.1 Å². The molecule has 0 aromatic carbocycles. The lowest BCUT2D eigenvalue weighted by Crippen LogP contribution is -2.72. The number of aliphatic hydroxyl groups excluding tert-OH is 1. The molecule has 0 atom stereocenters. The second-order valence-corrected chi connectivity index (χ2v) is 7.18. The van der Waals surface area contributed by atoms with E-state index in [-0.39, 0.29) is 29.0 Å². The Morgan fingerprint density at radius 2 is 1.16 bits per heavy atom. The van der Waals surface area contributed by atoms with Crippen molar-refractivity contribution in [2.45, 2.75) is 35.8 Å². The fourth-order valence-electron chi connectivity index (χ4n) is 2.72. The zero-order valence-corrected chi connectivity index (χ0v) is 15.4. The summed E-state index contributed by atoms with van der Waals surface area (Å²) in [6.07, 6.45) is -7.50. The molecule has 0 unspecified atom stereocenters. The molecule has 1 heterocycles. The van der Waals surface area contributed by atoms with Gasteiger partial charge >= 0.3 is 35.8 Å². The maximum Gasteiger partial charge on any atom is 0.460 e. The number of likely N-dealkylation sites (N-methyl/N-ethyl adjacent to an activating group) is 1. The number of piperazine rings is 1. The number of hydrogen-bond donors (Lipinski definition) is 1. The third kappa shape index (κ3) is 4.14. The molecule has 1 amide bonds. The van der Waals surface area contributed by atoms with Crippen LogP contribution in [0.1, 0.15) is 0 Å². The number of alkyl halides is 13. The van der Waals surface area contributed by atoms with E-state index in [0.717, 1.165) is 0 Å². The standard InChI is InChI=1S/C14H16F13N2O2/c1-29(6-7-30)4-2-28(3-5-29)8(31)9(15,16)10(17,18)11(19,20)12(21,22)13(23,24)14(25,26)27/h30H,2-7H2,1H3/q+1. The van der Waals surface area contributed by atoms with Gasteiger partial charge in [-0.15, -0.1) is 0 Å². The maximum absolute atomic E-state index is 13.9. The first kappa shape index (κ1) is 27.5. The molecule has 1 rings (SSSR count).